The first kappa shape index (κ1) is 19.1. The molecule has 1 aromatic heterocycles. The predicted molar refractivity (Wildman–Crippen MR) is 114 cm³/mol. The van der Waals surface area contributed by atoms with Crippen LogP contribution in [-0.2, 0) is 13.1 Å². The Morgan fingerprint density at radius 1 is 1.03 bits per heavy atom. The summed E-state index contributed by atoms with van der Waals surface area (Å²) in [4.78, 5) is 0. The molecule has 5 rings (SSSR count). The van der Waals surface area contributed by atoms with Crippen LogP contribution in [0.25, 0.3) is 5.69 Å². The molecule has 7 heteroatoms. The molecule has 1 N–H and O–H groups in total. The molecule has 0 radical (unpaired) electrons. The summed E-state index contributed by atoms with van der Waals surface area (Å²) in [7, 11) is 0. The smallest absolute Gasteiger partial charge is 0.151 e. The van der Waals surface area contributed by atoms with Crippen LogP contribution in [0.15, 0.2) is 42.5 Å². The Morgan fingerprint density at radius 2 is 1.83 bits per heavy atom. The summed E-state index contributed by atoms with van der Waals surface area (Å²) in [5, 5.41) is 22.2. The average molecular weight is 420 g/mol. The summed E-state index contributed by atoms with van der Waals surface area (Å²) in [6.07, 6.45) is 4.15. The van der Waals surface area contributed by atoms with Gasteiger partial charge in [0.1, 0.15) is 11.6 Å². The van der Waals surface area contributed by atoms with E-state index in [2.05, 4.69) is 32.2 Å². The molecule has 0 saturated heterocycles. The Hall–Kier alpha value is -2.88. The van der Waals surface area contributed by atoms with E-state index in [4.69, 9.17) is 21.6 Å². The number of halogens is 1. The van der Waals surface area contributed by atoms with Gasteiger partial charge in [0.25, 0.3) is 0 Å². The zero-order valence-corrected chi connectivity index (χ0v) is 17.3. The van der Waals surface area contributed by atoms with E-state index < -0.39 is 0 Å². The molecule has 1 aliphatic heterocycles. The minimum absolute atomic E-state index is 0.188. The Morgan fingerprint density at radius 3 is 2.60 bits per heavy atom. The normalized spacial score (nSPS) is 20.5. The number of fused-ring (bicyclic) bond motifs is 3. The SMILES string of the molecule is N#Cc1ccc(O[C@H]2CC[C@H](c3nnc4n3-c3ccc(Cl)cc3CNC4)CC2)cc1. The van der Waals surface area contributed by atoms with E-state index >= 15 is 0 Å². The Labute approximate surface area is 180 Å². The van der Waals surface area contributed by atoms with E-state index in [1.807, 2.05) is 24.3 Å². The highest BCUT2D eigenvalue weighted by Gasteiger charge is 2.30. The highest BCUT2D eigenvalue weighted by molar-refractivity contribution is 6.30. The van der Waals surface area contributed by atoms with Crippen LogP contribution in [0, 0.1) is 11.3 Å². The number of ether oxygens (including phenoxy) is 1. The van der Waals surface area contributed by atoms with Gasteiger partial charge in [-0.15, -0.1) is 10.2 Å². The quantitative estimate of drug-likeness (QED) is 0.676. The molecule has 2 aromatic carbocycles. The summed E-state index contributed by atoms with van der Waals surface area (Å²) in [6.45, 7) is 1.46. The molecule has 30 heavy (non-hydrogen) atoms. The van der Waals surface area contributed by atoms with Crippen LogP contribution in [0.2, 0.25) is 5.02 Å². The predicted octanol–water partition coefficient (Wildman–Crippen LogP) is 4.50. The molecule has 1 saturated carbocycles. The number of aromatic nitrogens is 3. The first-order chi connectivity index (χ1) is 14.7. The van der Waals surface area contributed by atoms with E-state index in [9.17, 15) is 0 Å². The topological polar surface area (TPSA) is 75.8 Å². The van der Waals surface area contributed by atoms with Gasteiger partial charge >= 0.3 is 0 Å². The Bertz CT molecular complexity index is 1090. The molecule has 6 nitrogen and oxygen atoms in total. The van der Waals surface area contributed by atoms with E-state index in [-0.39, 0.29) is 6.10 Å². The lowest BCUT2D eigenvalue weighted by Gasteiger charge is -2.29. The van der Waals surface area contributed by atoms with Gasteiger partial charge in [0.05, 0.1) is 30.0 Å². The number of hydrogen-bond acceptors (Lipinski definition) is 5. The summed E-state index contributed by atoms with van der Waals surface area (Å²) in [5.41, 5.74) is 2.94. The first-order valence-electron chi connectivity index (χ1n) is 10.3. The molecule has 1 aliphatic carbocycles. The van der Waals surface area contributed by atoms with E-state index in [0.29, 0.717) is 18.0 Å². The Kier molecular flexibility index (Phi) is 5.16. The standard InChI is InChI=1S/C23H22ClN5O/c24-18-5-10-21-17(11-18)13-26-14-22-27-28-23(29(21)22)16-3-8-20(9-4-16)30-19-6-1-15(12-25)2-7-19/h1-2,5-7,10-11,16,20,26H,3-4,8-9,13-14H2/t16-,20-. The van der Waals surface area contributed by atoms with Crippen molar-refractivity contribution in [3.63, 3.8) is 0 Å². The number of rotatable bonds is 3. The van der Waals surface area contributed by atoms with Gasteiger partial charge in [-0.25, -0.2) is 0 Å². The summed E-state index contributed by atoms with van der Waals surface area (Å²) in [5.74, 6) is 3.16. The number of nitrogens with zero attached hydrogens (tertiary/aromatic N) is 4. The number of benzene rings is 2. The van der Waals surface area contributed by atoms with Crippen molar-refractivity contribution in [3.8, 4) is 17.5 Å². The van der Waals surface area contributed by atoms with Crippen molar-refractivity contribution in [2.45, 2.75) is 50.8 Å². The van der Waals surface area contributed by atoms with Crippen LogP contribution in [-0.4, -0.2) is 20.9 Å². The maximum absolute atomic E-state index is 8.93. The second-order valence-corrected chi connectivity index (χ2v) is 8.35. The lowest BCUT2D eigenvalue weighted by Crippen LogP contribution is -2.25. The van der Waals surface area contributed by atoms with Crippen molar-refractivity contribution in [1.29, 1.82) is 5.26 Å². The summed E-state index contributed by atoms with van der Waals surface area (Å²) in [6, 6.07) is 15.5. The molecular weight excluding hydrogens is 398 g/mol. The van der Waals surface area contributed by atoms with Crippen LogP contribution in [0.1, 0.15) is 54.4 Å². The maximum Gasteiger partial charge on any atom is 0.151 e. The Balaban J connectivity index is 1.32. The molecular formula is C23H22ClN5O. The molecule has 0 unspecified atom stereocenters. The van der Waals surface area contributed by atoms with Crippen molar-refractivity contribution >= 4 is 11.6 Å². The van der Waals surface area contributed by atoms with Gasteiger partial charge in [0.2, 0.25) is 0 Å². The minimum Gasteiger partial charge on any atom is -0.490 e. The van der Waals surface area contributed by atoms with Gasteiger partial charge < -0.3 is 10.1 Å². The third-order valence-corrected chi connectivity index (χ3v) is 6.20. The molecule has 3 aromatic rings. The van der Waals surface area contributed by atoms with E-state index in [1.165, 1.54) is 5.56 Å². The van der Waals surface area contributed by atoms with Crippen LogP contribution < -0.4 is 10.1 Å². The lowest BCUT2D eigenvalue weighted by atomic mass is 9.86. The maximum atomic E-state index is 8.93. The van der Waals surface area contributed by atoms with Crippen LogP contribution in [0.3, 0.4) is 0 Å². The number of nitriles is 1. The molecule has 152 valence electrons. The summed E-state index contributed by atoms with van der Waals surface area (Å²) >= 11 is 6.22. The van der Waals surface area contributed by atoms with Gasteiger partial charge in [-0.2, -0.15) is 5.26 Å². The molecule has 0 amide bonds. The fourth-order valence-corrected chi connectivity index (χ4v) is 4.63. The number of nitrogens with one attached hydrogen (secondary N) is 1. The van der Waals surface area contributed by atoms with Gasteiger partial charge in [0.15, 0.2) is 5.82 Å². The second kappa shape index (κ2) is 8.10. The minimum atomic E-state index is 0.188. The molecule has 0 spiro atoms. The summed E-state index contributed by atoms with van der Waals surface area (Å²) < 4.78 is 8.37. The fraction of sp³-hybridized carbons (Fsp3) is 0.348. The molecule has 2 aliphatic rings. The lowest BCUT2D eigenvalue weighted by molar-refractivity contribution is 0.144. The fourth-order valence-electron chi connectivity index (χ4n) is 4.43. The van der Waals surface area contributed by atoms with Crippen molar-refractivity contribution < 1.29 is 4.74 Å². The molecule has 1 fully saturated rings. The van der Waals surface area contributed by atoms with Crippen molar-refractivity contribution in [2.24, 2.45) is 0 Å². The van der Waals surface area contributed by atoms with Gasteiger partial charge in [-0.05, 0) is 73.7 Å². The third-order valence-electron chi connectivity index (χ3n) is 5.96. The zero-order valence-electron chi connectivity index (χ0n) is 16.5. The van der Waals surface area contributed by atoms with Crippen LogP contribution >= 0.6 is 11.6 Å². The molecule has 0 atom stereocenters. The van der Waals surface area contributed by atoms with Gasteiger partial charge in [-0.1, -0.05) is 11.6 Å². The van der Waals surface area contributed by atoms with Crippen molar-refractivity contribution in [2.75, 3.05) is 0 Å². The highest BCUT2D eigenvalue weighted by Crippen LogP contribution is 2.36. The monoisotopic (exact) mass is 419 g/mol. The van der Waals surface area contributed by atoms with Crippen LogP contribution in [0.4, 0.5) is 0 Å². The highest BCUT2D eigenvalue weighted by atomic mass is 35.5. The second-order valence-electron chi connectivity index (χ2n) is 7.91. The van der Waals surface area contributed by atoms with Gasteiger partial charge in [-0.3, -0.25) is 4.57 Å². The first-order valence-corrected chi connectivity index (χ1v) is 10.7. The van der Waals surface area contributed by atoms with Crippen molar-refractivity contribution in [3.05, 3.63) is 70.3 Å². The molecule has 0 bridgehead atoms. The van der Waals surface area contributed by atoms with E-state index in [0.717, 1.165) is 60.3 Å². The van der Waals surface area contributed by atoms with Crippen molar-refractivity contribution in [1.82, 2.24) is 20.1 Å². The third kappa shape index (κ3) is 3.67. The van der Waals surface area contributed by atoms with Crippen LogP contribution in [0.5, 0.6) is 5.75 Å². The number of hydrogen-bond donors (Lipinski definition) is 1. The molecule has 2 heterocycles. The largest absolute Gasteiger partial charge is 0.490 e. The van der Waals surface area contributed by atoms with E-state index in [1.54, 1.807) is 12.1 Å². The zero-order chi connectivity index (χ0) is 20.5. The average Bonchev–Trinajstić information content (AvgIpc) is 3.10. The van der Waals surface area contributed by atoms with Gasteiger partial charge in [0, 0.05) is 17.5 Å².